The zero-order valence-electron chi connectivity index (χ0n) is 15.1. The molecule has 0 saturated carbocycles. The Morgan fingerprint density at radius 1 is 1.30 bits per heavy atom. The van der Waals surface area contributed by atoms with Crippen LogP contribution in [0.4, 0.5) is 4.79 Å². The van der Waals surface area contributed by atoms with Gasteiger partial charge in [-0.3, -0.25) is 4.40 Å². The molecule has 7 nitrogen and oxygen atoms in total. The van der Waals surface area contributed by atoms with E-state index in [2.05, 4.69) is 9.72 Å². The van der Waals surface area contributed by atoms with Crippen molar-refractivity contribution >= 4 is 11.8 Å². The van der Waals surface area contributed by atoms with Gasteiger partial charge >= 0.3 is 6.16 Å². The van der Waals surface area contributed by atoms with Crippen molar-refractivity contribution < 1.29 is 24.1 Å². The molecule has 3 aromatic rings. The van der Waals surface area contributed by atoms with Gasteiger partial charge in [0.1, 0.15) is 0 Å². The van der Waals surface area contributed by atoms with Gasteiger partial charge in [0.25, 0.3) is 0 Å². The van der Waals surface area contributed by atoms with Crippen LogP contribution in [0.25, 0.3) is 5.65 Å². The Balaban J connectivity index is 1.73. The molecule has 7 heteroatoms. The van der Waals surface area contributed by atoms with E-state index in [1.807, 2.05) is 53.9 Å². The summed E-state index contributed by atoms with van der Waals surface area (Å²) < 4.78 is 18.2. The van der Waals surface area contributed by atoms with Gasteiger partial charge in [0.2, 0.25) is 0 Å². The van der Waals surface area contributed by atoms with Crippen molar-refractivity contribution in [2.45, 2.75) is 32.2 Å². The minimum atomic E-state index is -0.737. The molecule has 140 valence electrons. The predicted molar refractivity (Wildman–Crippen MR) is 96.6 cm³/mol. The molecule has 1 aliphatic carbocycles. The monoisotopic (exact) mass is 368 g/mol. The van der Waals surface area contributed by atoms with Crippen molar-refractivity contribution in [1.29, 1.82) is 0 Å². The Morgan fingerprint density at radius 2 is 2.11 bits per heavy atom. The average molecular weight is 368 g/mol. The molecule has 2 aromatic heterocycles. The van der Waals surface area contributed by atoms with Gasteiger partial charge in [0, 0.05) is 12.6 Å². The number of aliphatic hydroxyl groups is 1. The van der Waals surface area contributed by atoms with E-state index in [1.165, 1.54) is 7.11 Å². The number of methoxy groups -OCH3 is 1. The zero-order chi connectivity index (χ0) is 19.0. The Labute approximate surface area is 156 Å². The zero-order valence-corrected chi connectivity index (χ0v) is 15.1. The molecule has 0 bridgehead atoms. The van der Waals surface area contributed by atoms with Crippen LogP contribution >= 0.6 is 0 Å². The fourth-order valence-electron chi connectivity index (χ4n) is 3.56. The molecular weight excluding hydrogens is 348 g/mol. The number of fused-ring (bicyclic) bond motifs is 2. The van der Waals surface area contributed by atoms with Crippen molar-refractivity contribution in [3.05, 3.63) is 65.1 Å². The number of aliphatic hydroxyl groups excluding tert-OH is 1. The van der Waals surface area contributed by atoms with E-state index in [9.17, 15) is 9.90 Å². The summed E-state index contributed by atoms with van der Waals surface area (Å²) in [6, 6.07) is 11.5. The van der Waals surface area contributed by atoms with Crippen LogP contribution in [-0.2, 0) is 22.5 Å². The lowest BCUT2D eigenvalue weighted by atomic mass is 10.1. The number of hydrogen-bond acceptors (Lipinski definition) is 6. The third kappa shape index (κ3) is 3.00. The molecule has 2 heterocycles. The summed E-state index contributed by atoms with van der Waals surface area (Å²) in [5.74, 6) is 0.556. The molecule has 0 amide bonds. The largest absolute Gasteiger partial charge is 0.508 e. The SMILES string of the molecule is COC(=O)OC1Cc2ccccc2C1Oc1cccn2c(CO)c(C)nc12. The van der Waals surface area contributed by atoms with Gasteiger partial charge < -0.3 is 19.3 Å². The normalized spacial score (nSPS) is 18.3. The third-order valence-corrected chi connectivity index (χ3v) is 4.85. The molecule has 0 spiro atoms. The van der Waals surface area contributed by atoms with Crippen LogP contribution in [-0.4, -0.2) is 33.9 Å². The second kappa shape index (κ2) is 6.92. The van der Waals surface area contributed by atoms with E-state index < -0.39 is 18.4 Å². The van der Waals surface area contributed by atoms with Gasteiger partial charge in [0.15, 0.2) is 23.6 Å². The van der Waals surface area contributed by atoms with E-state index in [0.29, 0.717) is 23.5 Å². The third-order valence-electron chi connectivity index (χ3n) is 4.85. The summed E-state index contributed by atoms with van der Waals surface area (Å²) in [5, 5.41) is 9.61. The lowest BCUT2D eigenvalue weighted by Gasteiger charge is -2.22. The number of benzene rings is 1. The minimum Gasteiger partial charge on any atom is -0.478 e. The summed E-state index contributed by atoms with van der Waals surface area (Å²) in [6.45, 7) is 1.73. The second-order valence-corrected chi connectivity index (χ2v) is 6.42. The van der Waals surface area contributed by atoms with Crippen LogP contribution in [0.15, 0.2) is 42.6 Å². The van der Waals surface area contributed by atoms with E-state index >= 15 is 0 Å². The number of rotatable bonds is 4. The standard InChI is InChI=1S/C20H20N2O5/c1-12-15(11-23)22-9-5-8-16(19(22)21-12)26-18-14-7-4-3-6-13(14)10-17(18)27-20(24)25-2/h3-9,17-18,23H,10-11H2,1-2H3. The van der Waals surface area contributed by atoms with Gasteiger partial charge in [-0.1, -0.05) is 24.3 Å². The van der Waals surface area contributed by atoms with Gasteiger partial charge in [0.05, 0.1) is 25.1 Å². The Hall–Kier alpha value is -3.06. The number of ether oxygens (including phenoxy) is 3. The molecule has 2 unspecified atom stereocenters. The Bertz CT molecular complexity index is 997. The van der Waals surface area contributed by atoms with Crippen molar-refractivity contribution in [2.24, 2.45) is 0 Å². The van der Waals surface area contributed by atoms with Crippen molar-refractivity contribution in [2.75, 3.05) is 7.11 Å². The number of hydrogen-bond donors (Lipinski definition) is 1. The quantitative estimate of drug-likeness (QED) is 0.713. The molecule has 1 aliphatic rings. The number of aromatic nitrogens is 2. The van der Waals surface area contributed by atoms with Crippen LogP contribution in [0, 0.1) is 6.92 Å². The van der Waals surface area contributed by atoms with Gasteiger partial charge in [-0.15, -0.1) is 0 Å². The van der Waals surface area contributed by atoms with Crippen LogP contribution < -0.4 is 4.74 Å². The summed E-state index contributed by atoms with van der Waals surface area (Å²) in [5.41, 5.74) is 4.10. The number of nitrogens with zero attached hydrogens (tertiary/aromatic N) is 2. The van der Waals surface area contributed by atoms with Gasteiger partial charge in [-0.2, -0.15) is 0 Å². The maximum absolute atomic E-state index is 11.7. The molecule has 4 rings (SSSR count). The highest BCUT2D eigenvalue weighted by atomic mass is 16.7. The first-order chi connectivity index (χ1) is 13.1. The van der Waals surface area contributed by atoms with E-state index in [-0.39, 0.29) is 6.61 Å². The van der Waals surface area contributed by atoms with E-state index in [1.54, 1.807) is 0 Å². The second-order valence-electron chi connectivity index (χ2n) is 6.42. The predicted octanol–water partition coefficient (Wildman–Crippen LogP) is 2.96. The van der Waals surface area contributed by atoms with Crippen molar-refractivity contribution in [1.82, 2.24) is 9.38 Å². The molecular formula is C20H20N2O5. The van der Waals surface area contributed by atoms with Crippen molar-refractivity contribution in [3.8, 4) is 5.75 Å². The molecule has 2 atom stereocenters. The van der Waals surface area contributed by atoms with E-state index in [0.717, 1.165) is 16.8 Å². The molecule has 1 aromatic carbocycles. The highest BCUT2D eigenvalue weighted by Gasteiger charge is 2.37. The average Bonchev–Trinajstić information content (AvgIpc) is 3.19. The number of pyridine rings is 1. The van der Waals surface area contributed by atoms with Crippen LogP contribution in [0.1, 0.15) is 28.6 Å². The van der Waals surface area contributed by atoms with Gasteiger partial charge in [-0.25, -0.2) is 9.78 Å². The number of carbonyl (C=O) groups is 1. The van der Waals surface area contributed by atoms with Crippen molar-refractivity contribution in [3.63, 3.8) is 0 Å². The summed E-state index contributed by atoms with van der Waals surface area (Å²) >= 11 is 0. The first-order valence-corrected chi connectivity index (χ1v) is 8.69. The summed E-state index contributed by atoms with van der Waals surface area (Å²) in [7, 11) is 1.28. The van der Waals surface area contributed by atoms with E-state index in [4.69, 9.17) is 9.47 Å². The lowest BCUT2D eigenvalue weighted by molar-refractivity contribution is -0.00789. The molecule has 27 heavy (non-hydrogen) atoms. The maximum atomic E-state index is 11.7. The topological polar surface area (TPSA) is 82.3 Å². The first kappa shape index (κ1) is 17.4. The smallest absolute Gasteiger partial charge is 0.478 e. The highest BCUT2D eigenvalue weighted by Crippen LogP contribution is 2.38. The first-order valence-electron chi connectivity index (χ1n) is 8.69. The molecule has 0 radical (unpaired) electrons. The fraction of sp³-hybridized carbons (Fsp3) is 0.300. The molecule has 0 aliphatic heterocycles. The molecule has 0 saturated heterocycles. The number of aryl methyl sites for hydroxylation is 1. The maximum Gasteiger partial charge on any atom is 0.508 e. The van der Waals surface area contributed by atoms with Crippen LogP contribution in [0.3, 0.4) is 0 Å². The number of carbonyl (C=O) groups excluding carboxylic acids is 1. The van der Waals surface area contributed by atoms with Crippen LogP contribution in [0.5, 0.6) is 5.75 Å². The lowest BCUT2D eigenvalue weighted by Crippen LogP contribution is -2.26. The molecule has 0 fully saturated rings. The van der Waals surface area contributed by atoms with Gasteiger partial charge in [-0.05, 0) is 30.2 Å². The molecule has 1 N–H and O–H groups in total. The van der Waals surface area contributed by atoms with Crippen LogP contribution in [0.2, 0.25) is 0 Å². The summed E-state index contributed by atoms with van der Waals surface area (Å²) in [6.07, 6.45) is 0.677. The Kier molecular flexibility index (Phi) is 4.45. The number of imidazole rings is 1. The minimum absolute atomic E-state index is 0.114. The summed E-state index contributed by atoms with van der Waals surface area (Å²) in [4.78, 5) is 16.2. The fourth-order valence-corrected chi connectivity index (χ4v) is 3.56. The highest BCUT2D eigenvalue weighted by molar-refractivity contribution is 5.60. The Morgan fingerprint density at radius 3 is 2.89 bits per heavy atom.